The van der Waals surface area contributed by atoms with Crippen LogP contribution >= 0.6 is 0 Å². The minimum Gasteiger partial charge on any atom is -0.444 e. The molecule has 0 bridgehead atoms. The van der Waals surface area contributed by atoms with E-state index in [1.807, 2.05) is 53.8 Å². The molecule has 238 valence electrons. The lowest BCUT2D eigenvalue weighted by molar-refractivity contribution is 0.0218. The highest BCUT2D eigenvalue weighted by Crippen LogP contribution is 2.36. The number of benzene rings is 2. The minimum absolute atomic E-state index is 0.00630. The van der Waals surface area contributed by atoms with Gasteiger partial charge in [-0.05, 0) is 96.0 Å². The molecule has 6 rings (SSSR count). The van der Waals surface area contributed by atoms with E-state index in [1.165, 1.54) is 0 Å². The summed E-state index contributed by atoms with van der Waals surface area (Å²) in [6, 6.07) is 14.5. The lowest BCUT2D eigenvalue weighted by atomic mass is 10.0. The third kappa shape index (κ3) is 7.00. The maximum Gasteiger partial charge on any atom is 0.410 e. The van der Waals surface area contributed by atoms with E-state index in [9.17, 15) is 9.59 Å². The van der Waals surface area contributed by atoms with Crippen molar-refractivity contribution < 1.29 is 19.1 Å². The van der Waals surface area contributed by atoms with Gasteiger partial charge in [0.05, 0.1) is 29.0 Å². The summed E-state index contributed by atoms with van der Waals surface area (Å²) < 4.78 is 11.1. The topological polar surface area (TPSA) is 125 Å². The summed E-state index contributed by atoms with van der Waals surface area (Å²) in [6.07, 6.45) is 5.85. The van der Waals surface area contributed by atoms with E-state index in [-0.39, 0.29) is 30.2 Å². The number of hydrogen-bond donors (Lipinski definition) is 3. The molecular formula is C35H44N6O4. The first-order chi connectivity index (χ1) is 21.3. The van der Waals surface area contributed by atoms with Crippen molar-refractivity contribution in [3.8, 4) is 22.4 Å². The number of carbonyl (C=O) groups is 2. The number of carbonyl (C=O) groups excluding carboxylic acids is 2. The number of amides is 2. The van der Waals surface area contributed by atoms with Crippen LogP contribution in [0.2, 0.25) is 0 Å². The lowest BCUT2D eigenvalue weighted by Crippen LogP contribution is -2.40. The van der Waals surface area contributed by atoms with Crippen molar-refractivity contribution in [2.45, 2.75) is 103 Å². The highest BCUT2D eigenvalue weighted by atomic mass is 16.6. The number of fused-ring (bicyclic) bond motifs is 1. The van der Waals surface area contributed by atoms with E-state index in [1.54, 1.807) is 4.90 Å². The number of aromatic amines is 2. The zero-order valence-corrected chi connectivity index (χ0v) is 27.1. The number of nitrogens with one attached hydrogen (secondary N) is 3. The third-order valence-electron chi connectivity index (χ3n) is 8.39. The molecule has 3 heterocycles. The van der Waals surface area contributed by atoms with Crippen LogP contribution < -0.4 is 5.32 Å². The molecule has 3 N–H and O–H groups in total. The van der Waals surface area contributed by atoms with Crippen LogP contribution in [0.15, 0.2) is 48.7 Å². The number of aromatic nitrogens is 4. The Kier molecular flexibility index (Phi) is 8.09. The Morgan fingerprint density at radius 2 is 1.56 bits per heavy atom. The summed E-state index contributed by atoms with van der Waals surface area (Å²) in [6.45, 7) is 11.9. The van der Waals surface area contributed by atoms with Gasteiger partial charge in [0, 0.05) is 18.5 Å². The minimum atomic E-state index is -0.540. The monoisotopic (exact) mass is 612 g/mol. The number of alkyl carbamates (subject to hydrolysis) is 1. The molecule has 3 atom stereocenters. The van der Waals surface area contributed by atoms with Crippen LogP contribution in [0.4, 0.5) is 9.59 Å². The van der Waals surface area contributed by atoms with Gasteiger partial charge >= 0.3 is 12.2 Å². The van der Waals surface area contributed by atoms with Gasteiger partial charge in [0.25, 0.3) is 0 Å². The molecule has 2 amide bonds. The van der Waals surface area contributed by atoms with Crippen LogP contribution in [0, 0.1) is 0 Å². The molecule has 0 radical (unpaired) electrons. The number of hydrogen-bond acceptors (Lipinski definition) is 6. The van der Waals surface area contributed by atoms with Gasteiger partial charge in [-0.3, -0.25) is 4.90 Å². The largest absolute Gasteiger partial charge is 0.444 e. The molecular weight excluding hydrogens is 568 g/mol. The summed E-state index contributed by atoms with van der Waals surface area (Å²) >= 11 is 0. The van der Waals surface area contributed by atoms with Crippen molar-refractivity contribution in [3.05, 3.63) is 60.3 Å². The first-order valence-corrected chi connectivity index (χ1v) is 16.0. The molecule has 10 nitrogen and oxygen atoms in total. The van der Waals surface area contributed by atoms with Gasteiger partial charge in [-0.2, -0.15) is 0 Å². The Morgan fingerprint density at radius 1 is 0.844 bits per heavy atom. The van der Waals surface area contributed by atoms with Crippen molar-refractivity contribution in [3.63, 3.8) is 0 Å². The van der Waals surface area contributed by atoms with E-state index < -0.39 is 11.2 Å². The summed E-state index contributed by atoms with van der Waals surface area (Å²) in [4.78, 5) is 43.5. The molecule has 0 unspecified atom stereocenters. The van der Waals surface area contributed by atoms with Gasteiger partial charge in [-0.25, -0.2) is 19.6 Å². The van der Waals surface area contributed by atoms with E-state index >= 15 is 0 Å². The van der Waals surface area contributed by atoms with Crippen molar-refractivity contribution in [1.29, 1.82) is 0 Å². The SMILES string of the molecule is CC(C)(C)OC(=O)N[C@@H]1CCC[C@H]1c1ncc(-c2ccc(-c3ccc4nc([C@@H]5CCCN5C(=O)OC(C)(C)C)[nH]c4c3)cc2)[nH]1. The Bertz CT molecular complexity index is 1680. The van der Waals surface area contributed by atoms with Gasteiger partial charge < -0.3 is 24.8 Å². The standard InChI is InChI=1S/C35H44N6O4/c1-34(2,3)44-32(42)40-25-10-7-9-24(25)30-36-20-28(39-30)22-14-12-21(13-15-22)23-16-17-26-27(19-23)38-31(37-26)29-11-8-18-41(29)33(43)45-35(4,5)6/h12-17,19-20,24-25,29H,7-11,18H2,1-6H3,(H,36,39)(H,37,38)(H,40,42)/t24-,25-,29+/m1/s1. The van der Waals surface area contributed by atoms with E-state index in [2.05, 4.69) is 51.7 Å². The predicted molar refractivity (Wildman–Crippen MR) is 174 cm³/mol. The van der Waals surface area contributed by atoms with Crippen LogP contribution in [0.3, 0.4) is 0 Å². The fourth-order valence-corrected chi connectivity index (χ4v) is 6.39. The molecule has 1 saturated carbocycles. The number of likely N-dealkylation sites (tertiary alicyclic amines) is 1. The maximum absolute atomic E-state index is 12.8. The highest BCUT2D eigenvalue weighted by Gasteiger charge is 2.35. The number of nitrogens with zero attached hydrogens (tertiary/aromatic N) is 3. The predicted octanol–water partition coefficient (Wildman–Crippen LogP) is 7.85. The van der Waals surface area contributed by atoms with Gasteiger partial charge in [0.15, 0.2) is 0 Å². The first kappa shape index (κ1) is 30.7. The molecule has 0 spiro atoms. The molecule has 4 aromatic rings. The second kappa shape index (κ2) is 11.9. The second-order valence-corrected chi connectivity index (χ2v) is 14.2. The second-order valence-electron chi connectivity index (χ2n) is 14.2. The molecule has 2 fully saturated rings. The van der Waals surface area contributed by atoms with Gasteiger partial charge in [-0.1, -0.05) is 36.8 Å². The zero-order valence-electron chi connectivity index (χ0n) is 27.1. The van der Waals surface area contributed by atoms with E-state index in [0.29, 0.717) is 6.54 Å². The summed E-state index contributed by atoms with van der Waals surface area (Å²) in [5, 5.41) is 3.05. The number of H-pyrrole nitrogens is 2. The molecule has 45 heavy (non-hydrogen) atoms. The molecule has 1 aliphatic carbocycles. The quantitative estimate of drug-likeness (QED) is 0.211. The molecule has 2 aliphatic rings. The van der Waals surface area contributed by atoms with Gasteiger partial charge in [-0.15, -0.1) is 0 Å². The number of ether oxygens (including phenoxy) is 2. The Morgan fingerprint density at radius 3 is 2.29 bits per heavy atom. The first-order valence-electron chi connectivity index (χ1n) is 16.0. The molecule has 1 saturated heterocycles. The lowest BCUT2D eigenvalue weighted by Gasteiger charge is -2.27. The fraction of sp³-hybridized carbons (Fsp3) is 0.486. The van der Waals surface area contributed by atoms with Crippen LogP contribution in [-0.2, 0) is 9.47 Å². The smallest absolute Gasteiger partial charge is 0.410 e. The Labute approximate surface area is 264 Å². The van der Waals surface area contributed by atoms with Crippen molar-refractivity contribution >= 4 is 23.2 Å². The van der Waals surface area contributed by atoms with Crippen LogP contribution in [0.25, 0.3) is 33.4 Å². The van der Waals surface area contributed by atoms with Gasteiger partial charge in [0.2, 0.25) is 0 Å². The van der Waals surface area contributed by atoms with E-state index in [4.69, 9.17) is 19.4 Å². The maximum atomic E-state index is 12.8. The molecule has 1 aliphatic heterocycles. The average Bonchev–Trinajstić information content (AvgIpc) is 3.76. The normalized spacial score (nSPS) is 20.5. The van der Waals surface area contributed by atoms with Gasteiger partial charge in [0.1, 0.15) is 22.9 Å². The fourth-order valence-electron chi connectivity index (χ4n) is 6.39. The van der Waals surface area contributed by atoms with Crippen LogP contribution in [0.1, 0.15) is 97.3 Å². The van der Waals surface area contributed by atoms with Crippen molar-refractivity contribution in [1.82, 2.24) is 30.2 Å². The molecule has 10 heteroatoms. The number of rotatable bonds is 5. The van der Waals surface area contributed by atoms with Crippen molar-refractivity contribution in [2.75, 3.05) is 6.54 Å². The Hall–Kier alpha value is -4.34. The zero-order chi connectivity index (χ0) is 31.9. The average molecular weight is 613 g/mol. The van der Waals surface area contributed by atoms with E-state index in [0.717, 1.165) is 77.2 Å². The van der Waals surface area contributed by atoms with Crippen LogP contribution in [-0.4, -0.2) is 60.8 Å². The van der Waals surface area contributed by atoms with Crippen molar-refractivity contribution in [2.24, 2.45) is 0 Å². The third-order valence-corrected chi connectivity index (χ3v) is 8.39. The van der Waals surface area contributed by atoms with Crippen LogP contribution in [0.5, 0.6) is 0 Å². The molecule has 2 aromatic carbocycles. The summed E-state index contributed by atoms with van der Waals surface area (Å²) in [7, 11) is 0. The molecule has 2 aromatic heterocycles. The summed E-state index contributed by atoms with van der Waals surface area (Å²) in [5.74, 6) is 1.80. The summed E-state index contributed by atoms with van der Waals surface area (Å²) in [5.41, 5.74) is 4.89. The Balaban J connectivity index is 1.14. The highest BCUT2D eigenvalue weighted by molar-refractivity contribution is 5.82. The number of imidazole rings is 2.